The summed E-state index contributed by atoms with van der Waals surface area (Å²) in [4.78, 5) is 18.4. The molecule has 0 saturated heterocycles. The molecule has 4 aromatic heterocycles. The first-order valence-corrected chi connectivity index (χ1v) is 10.8. The predicted octanol–water partition coefficient (Wildman–Crippen LogP) is 4.18. The first kappa shape index (κ1) is 21.3. The van der Waals surface area contributed by atoms with Crippen molar-refractivity contribution < 1.29 is 18.0 Å². The molecule has 1 aliphatic carbocycles. The van der Waals surface area contributed by atoms with E-state index in [1.807, 2.05) is 30.1 Å². The van der Waals surface area contributed by atoms with Crippen LogP contribution in [0.2, 0.25) is 0 Å². The molecule has 0 spiro atoms. The highest BCUT2D eigenvalue weighted by atomic mass is 19.4. The van der Waals surface area contributed by atoms with Gasteiger partial charge in [0.15, 0.2) is 11.4 Å². The summed E-state index contributed by atoms with van der Waals surface area (Å²) >= 11 is 0. The Morgan fingerprint density at radius 1 is 1.12 bits per heavy atom. The smallest absolute Gasteiger partial charge is 0.358 e. The molecule has 1 aliphatic rings. The summed E-state index contributed by atoms with van der Waals surface area (Å²) in [6.45, 7) is 0. The van der Waals surface area contributed by atoms with E-state index in [1.165, 1.54) is 4.40 Å². The van der Waals surface area contributed by atoms with Crippen LogP contribution in [0.3, 0.4) is 0 Å². The van der Waals surface area contributed by atoms with Crippen LogP contribution in [0.25, 0.3) is 11.2 Å². The molecule has 0 atom stereocenters. The molecule has 10 heteroatoms. The van der Waals surface area contributed by atoms with E-state index in [4.69, 9.17) is 0 Å². The molecule has 0 radical (unpaired) electrons. The topological polar surface area (TPSA) is 66.9 Å². The normalized spacial score (nSPS) is 19.2. The zero-order chi connectivity index (χ0) is 23.2. The maximum Gasteiger partial charge on any atom is 0.434 e. The Morgan fingerprint density at radius 2 is 1.91 bits per heavy atom. The van der Waals surface area contributed by atoms with E-state index in [1.54, 1.807) is 35.0 Å². The van der Waals surface area contributed by atoms with Gasteiger partial charge in [0, 0.05) is 31.5 Å². The van der Waals surface area contributed by atoms with Crippen LogP contribution in [0, 0.1) is 0 Å². The standard InChI is InChI=1S/C23H23F3N6O/c1-30(21-7-4-6-20-28-19(14-31(20)21)23(24,25)26)16-10-8-15(9-11-16)27-22(33)18-13-17-5-2-3-12-32(17)29-18/h2-7,12-16H,8-11H2,1H3,(H,27,33). The van der Waals surface area contributed by atoms with E-state index < -0.39 is 11.9 Å². The van der Waals surface area contributed by atoms with Gasteiger partial charge in [0.1, 0.15) is 11.5 Å². The van der Waals surface area contributed by atoms with Gasteiger partial charge in [-0.3, -0.25) is 9.20 Å². The molecule has 4 aromatic rings. The number of rotatable bonds is 4. The molecule has 0 aromatic carbocycles. The average molecular weight is 456 g/mol. The van der Waals surface area contributed by atoms with Gasteiger partial charge in [-0.15, -0.1) is 0 Å². The van der Waals surface area contributed by atoms with Crippen molar-refractivity contribution in [2.45, 2.75) is 43.9 Å². The van der Waals surface area contributed by atoms with Gasteiger partial charge in [-0.25, -0.2) is 9.50 Å². The highest BCUT2D eigenvalue weighted by Gasteiger charge is 2.34. The molecule has 5 rings (SSSR count). The Kier molecular flexibility index (Phi) is 5.22. The summed E-state index contributed by atoms with van der Waals surface area (Å²) in [5.41, 5.74) is 0.602. The van der Waals surface area contributed by atoms with E-state index in [-0.39, 0.29) is 23.6 Å². The third-order valence-electron chi connectivity index (χ3n) is 6.30. The lowest BCUT2D eigenvalue weighted by Gasteiger charge is -2.36. The van der Waals surface area contributed by atoms with E-state index in [0.717, 1.165) is 37.4 Å². The number of hydrogen-bond donors (Lipinski definition) is 1. The molecule has 1 saturated carbocycles. The van der Waals surface area contributed by atoms with Crippen molar-refractivity contribution in [3.63, 3.8) is 0 Å². The zero-order valence-corrected chi connectivity index (χ0v) is 18.0. The number of carbonyl (C=O) groups is 1. The second kappa shape index (κ2) is 8.09. The molecule has 4 heterocycles. The van der Waals surface area contributed by atoms with Crippen LogP contribution < -0.4 is 10.2 Å². The second-order valence-corrected chi connectivity index (χ2v) is 8.43. The maximum absolute atomic E-state index is 13.1. The first-order valence-electron chi connectivity index (χ1n) is 10.8. The predicted molar refractivity (Wildman–Crippen MR) is 117 cm³/mol. The molecule has 33 heavy (non-hydrogen) atoms. The lowest BCUT2D eigenvalue weighted by Crippen LogP contribution is -2.43. The largest absolute Gasteiger partial charge is 0.434 e. The van der Waals surface area contributed by atoms with E-state index in [0.29, 0.717) is 11.5 Å². The van der Waals surface area contributed by atoms with Crippen LogP contribution >= 0.6 is 0 Å². The Morgan fingerprint density at radius 3 is 2.64 bits per heavy atom. The fourth-order valence-electron chi connectivity index (χ4n) is 4.52. The van der Waals surface area contributed by atoms with Crippen LogP contribution in [0.1, 0.15) is 41.9 Å². The number of hydrogen-bond acceptors (Lipinski definition) is 4. The van der Waals surface area contributed by atoms with Crippen molar-refractivity contribution in [3.05, 3.63) is 66.2 Å². The number of fused-ring (bicyclic) bond motifs is 2. The number of alkyl halides is 3. The van der Waals surface area contributed by atoms with Gasteiger partial charge in [0.2, 0.25) is 0 Å². The van der Waals surface area contributed by atoms with Gasteiger partial charge in [-0.1, -0.05) is 12.1 Å². The number of carbonyl (C=O) groups excluding carboxylic acids is 1. The van der Waals surface area contributed by atoms with Crippen molar-refractivity contribution >= 4 is 22.9 Å². The molecule has 1 amide bonds. The number of nitrogens with zero attached hydrogens (tertiary/aromatic N) is 5. The third-order valence-corrected chi connectivity index (χ3v) is 6.30. The van der Waals surface area contributed by atoms with E-state index in [9.17, 15) is 18.0 Å². The number of halogens is 3. The molecular formula is C23H23F3N6O. The quantitative estimate of drug-likeness (QED) is 0.500. The van der Waals surface area contributed by atoms with Gasteiger partial charge < -0.3 is 10.2 Å². The molecule has 1 N–H and O–H groups in total. The molecular weight excluding hydrogens is 433 g/mol. The Hall–Kier alpha value is -3.56. The lowest BCUT2D eigenvalue weighted by atomic mass is 9.90. The van der Waals surface area contributed by atoms with Crippen LogP contribution in [-0.4, -0.2) is 44.0 Å². The number of aromatic nitrogens is 4. The van der Waals surface area contributed by atoms with Crippen LogP contribution in [0.4, 0.5) is 19.0 Å². The molecule has 0 bridgehead atoms. The fraction of sp³-hybridized carbons (Fsp3) is 0.348. The Labute approximate surface area is 187 Å². The summed E-state index contributed by atoms with van der Waals surface area (Å²) in [6, 6.07) is 12.7. The van der Waals surface area contributed by atoms with Crippen LogP contribution in [0.5, 0.6) is 0 Å². The summed E-state index contributed by atoms with van der Waals surface area (Å²) < 4.78 is 42.5. The summed E-state index contributed by atoms with van der Waals surface area (Å²) in [5, 5.41) is 7.39. The van der Waals surface area contributed by atoms with Crippen LogP contribution in [-0.2, 0) is 6.18 Å². The molecule has 0 aliphatic heterocycles. The monoisotopic (exact) mass is 456 g/mol. The van der Waals surface area contributed by atoms with Gasteiger partial charge in [0.25, 0.3) is 5.91 Å². The van der Waals surface area contributed by atoms with Gasteiger partial charge >= 0.3 is 6.18 Å². The SMILES string of the molecule is CN(c1cccc2nc(C(F)(F)F)cn12)C1CCC(NC(=O)c2cc3ccccn3n2)CC1. The minimum Gasteiger partial charge on any atom is -0.358 e. The number of nitrogens with one attached hydrogen (secondary N) is 1. The number of pyridine rings is 2. The van der Waals surface area contributed by atoms with Gasteiger partial charge in [-0.05, 0) is 56.0 Å². The molecule has 172 valence electrons. The molecule has 0 unspecified atom stereocenters. The third kappa shape index (κ3) is 4.12. The van der Waals surface area contributed by atoms with Crippen molar-refractivity contribution in [2.24, 2.45) is 0 Å². The lowest BCUT2D eigenvalue weighted by molar-refractivity contribution is -0.140. The van der Waals surface area contributed by atoms with E-state index in [2.05, 4.69) is 15.4 Å². The van der Waals surface area contributed by atoms with E-state index >= 15 is 0 Å². The minimum atomic E-state index is -4.49. The highest BCUT2D eigenvalue weighted by molar-refractivity contribution is 5.93. The van der Waals surface area contributed by atoms with Crippen molar-refractivity contribution in [1.82, 2.24) is 24.3 Å². The second-order valence-electron chi connectivity index (χ2n) is 8.43. The fourth-order valence-corrected chi connectivity index (χ4v) is 4.52. The maximum atomic E-state index is 13.1. The Bertz CT molecular complexity index is 1270. The average Bonchev–Trinajstić information content (AvgIpc) is 3.43. The Balaban J connectivity index is 1.24. The number of imidazole rings is 1. The highest BCUT2D eigenvalue weighted by Crippen LogP contribution is 2.31. The summed E-state index contributed by atoms with van der Waals surface area (Å²) in [6.07, 6.45) is 1.53. The van der Waals surface area contributed by atoms with Crippen molar-refractivity contribution in [3.8, 4) is 0 Å². The number of anilines is 1. The van der Waals surface area contributed by atoms with Crippen molar-refractivity contribution in [2.75, 3.05) is 11.9 Å². The van der Waals surface area contributed by atoms with Crippen molar-refractivity contribution in [1.29, 1.82) is 0 Å². The summed E-state index contributed by atoms with van der Waals surface area (Å²) in [7, 11) is 1.89. The minimum absolute atomic E-state index is 0.0350. The van der Waals surface area contributed by atoms with Gasteiger partial charge in [0.05, 0.1) is 5.52 Å². The first-order chi connectivity index (χ1) is 15.8. The van der Waals surface area contributed by atoms with Crippen LogP contribution in [0.15, 0.2) is 54.9 Å². The molecule has 7 nitrogen and oxygen atoms in total. The van der Waals surface area contributed by atoms with Gasteiger partial charge in [-0.2, -0.15) is 18.3 Å². The summed E-state index contributed by atoms with van der Waals surface area (Å²) in [5.74, 6) is 0.464. The zero-order valence-electron chi connectivity index (χ0n) is 18.0. The number of amides is 1. The molecule has 1 fully saturated rings.